The third kappa shape index (κ3) is 4.00. The van der Waals surface area contributed by atoms with Gasteiger partial charge in [-0.2, -0.15) is 0 Å². The van der Waals surface area contributed by atoms with Gasteiger partial charge in [0.1, 0.15) is 18.2 Å². The second kappa shape index (κ2) is 6.62. The predicted molar refractivity (Wildman–Crippen MR) is 61.9 cm³/mol. The lowest BCUT2D eigenvalue weighted by atomic mass is 9.95. The third-order valence-corrected chi connectivity index (χ3v) is 2.81. The molecule has 1 aliphatic heterocycles. The molecular formula is C11H17NO7. The molecule has 1 amide bonds. The number of aliphatic hydroxyl groups excluding tert-OH is 3. The number of hydrogen-bond acceptors (Lipinski definition) is 6. The maximum Gasteiger partial charge on any atom is 0.328 e. The van der Waals surface area contributed by atoms with Crippen LogP contribution in [0.5, 0.6) is 0 Å². The zero-order valence-corrected chi connectivity index (χ0v) is 10.3. The highest BCUT2D eigenvalue weighted by atomic mass is 16.6. The molecule has 5 atom stereocenters. The van der Waals surface area contributed by atoms with Crippen LogP contribution in [0.3, 0.4) is 0 Å². The summed E-state index contributed by atoms with van der Waals surface area (Å²) in [6.45, 7) is 1.71. The lowest BCUT2D eigenvalue weighted by Gasteiger charge is -2.40. The van der Waals surface area contributed by atoms with Crippen LogP contribution in [0.25, 0.3) is 0 Å². The minimum Gasteiger partial charge on any atom is -0.478 e. The number of carbonyl (C=O) groups is 2. The quantitative estimate of drug-likeness (QED) is 0.373. The fourth-order valence-corrected chi connectivity index (χ4v) is 1.80. The van der Waals surface area contributed by atoms with Gasteiger partial charge >= 0.3 is 5.97 Å². The van der Waals surface area contributed by atoms with Gasteiger partial charge in [-0.15, -0.1) is 0 Å². The summed E-state index contributed by atoms with van der Waals surface area (Å²) in [5, 5.41) is 39.7. The molecular weight excluding hydrogens is 258 g/mol. The first kappa shape index (κ1) is 15.6. The number of carbonyl (C=O) groups excluding carboxylic acids is 1. The zero-order chi connectivity index (χ0) is 14.6. The smallest absolute Gasteiger partial charge is 0.328 e. The predicted octanol–water partition coefficient (Wildman–Crippen LogP) is -2.04. The van der Waals surface area contributed by atoms with Crippen molar-refractivity contribution in [2.24, 2.45) is 0 Å². The lowest BCUT2D eigenvalue weighted by molar-refractivity contribution is -0.247. The van der Waals surface area contributed by atoms with Crippen molar-refractivity contribution in [3.05, 3.63) is 12.2 Å². The summed E-state index contributed by atoms with van der Waals surface area (Å²) in [5.74, 6) is -2.13. The molecule has 0 bridgehead atoms. The van der Waals surface area contributed by atoms with E-state index in [1.807, 2.05) is 0 Å². The van der Waals surface area contributed by atoms with Crippen molar-refractivity contribution in [3.8, 4) is 0 Å². The molecule has 0 saturated carbocycles. The molecule has 1 rings (SSSR count). The van der Waals surface area contributed by atoms with Gasteiger partial charge in [-0.05, 0) is 6.42 Å². The van der Waals surface area contributed by atoms with Crippen molar-refractivity contribution in [1.82, 2.24) is 5.32 Å². The van der Waals surface area contributed by atoms with Gasteiger partial charge in [0.2, 0.25) is 5.91 Å². The van der Waals surface area contributed by atoms with E-state index in [4.69, 9.17) is 9.84 Å². The molecule has 108 valence electrons. The highest BCUT2D eigenvalue weighted by Crippen LogP contribution is 2.21. The standard InChI is InChI=1S/C11H17NO7/c1-2-5-9(16)10(17)8(11(18)19-5)12-6(13)3-4-7(14)15/h3-5,8-11,16-18H,2H2,1H3,(H,12,13)(H,14,15)/b4-3-. The molecule has 8 nitrogen and oxygen atoms in total. The third-order valence-electron chi connectivity index (χ3n) is 2.81. The Morgan fingerprint density at radius 1 is 1.21 bits per heavy atom. The molecule has 5 N–H and O–H groups in total. The number of hydrogen-bond donors (Lipinski definition) is 5. The Hall–Kier alpha value is -1.48. The lowest BCUT2D eigenvalue weighted by Crippen LogP contribution is -2.63. The molecule has 0 spiro atoms. The van der Waals surface area contributed by atoms with E-state index in [1.165, 1.54) is 0 Å². The van der Waals surface area contributed by atoms with Crippen LogP contribution >= 0.6 is 0 Å². The molecule has 0 aromatic heterocycles. The topological polar surface area (TPSA) is 136 Å². The minimum atomic E-state index is -1.48. The van der Waals surface area contributed by atoms with Crippen molar-refractivity contribution in [2.75, 3.05) is 0 Å². The van der Waals surface area contributed by atoms with Gasteiger partial charge in [0, 0.05) is 12.2 Å². The number of rotatable bonds is 4. The molecule has 1 aliphatic rings. The Morgan fingerprint density at radius 3 is 2.37 bits per heavy atom. The molecule has 19 heavy (non-hydrogen) atoms. The Balaban J connectivity index is 2.67. The summed E-state index contributed by atoms with van der Waals surface area (Å²) in [6, 6.07) is -1.23. The van der Waals surface area contributed by atoms with E-state index >= 15 is 0 Å². The van der Waals surface area contributed by atoms with Crippen LogP contribution < -0.4 is 5.32 Å². The maximum absolute atomic E-state index is 11.3. The van der Waals surface area contributed by atoms with Crippen LogP contribution in [-0.2, 0) is 14.3 Å². The van der Waals surface area contributed by atoms with Gasteiger partial charge in [0.15, 0.2) is 6.29 Å². The maximum atomic E-state index is 11.3. The number of ether oxygens (including phenoxy) is 1. The molecule has 0 aromatic carbocycles. The van der Waals surface area contributed by atoms with E-state index in [0.717, 1.165) is 6.08 Å². The first-order valence-corrected chi connectivity index (χ1v) is 5.78. The van der Waals surface area contributed by atoms with E-state index in [-0.39, 0.29) is 0 Å². The minimum absolute atomic E-state index is 0.384. The van der Waals surface area contributed by atoms with Gasteiger partial charge in [-0.1, -0.05) is 6.92 Å². The van der Waals surface area contributed by atoms with Crippen molar-refractivity contribution >= 4 is 11.9 Å². The molecule has 0 aliphatic carbocycles. The molecule has 1 fully saturated rings. The summed E-state index contributed by atoms with van der Waals surface area (Å²) in [6.07, 6.45) is -3.13. The monoisotopic (exact) mass is 275 g/mol. The van der Waals surface area contributed by atoms with Crippen LogP contribution in [0.15, 0.2) is 12.2 Å². The number of carboxylic acid groups (broad SMARTS) is 1. The van der Waals surface area contributed by atoms with Crippen molar-refractivity contribution in [2.45, 2.75) is 44.0 Å². The fourth-order valence-electron chi connectivity index (χ4n) is 1.80. The number of amides is 1. The van der Waals surface area contributed by atoms with Crippen LogP contribution in [0.1, 0.15) is 13.3 Å². The number of aliphatic carboxylic acids is 1. The van der Waals surface area contributed by atoms with E-state index in [1.54, 1.807) is 6.92 Å². The van der Waals surface area contributed by atoms with Crippen LogP contribution in [-0.4, -0.2) is 62.9 Å². The van der Waals surface area contributed by atoms with E-state index in [9.17, 15) is 24.9 Å². The first-order valence-electron chi connectivity index (χ1n) is 5.78. The van der Waals surface area contributed by atoms with Crippen molar-refractivity contribution in [1.29, 1.82) is 0 Å². The number of carboxylic acids is 1. The Labute approximate surface area is 109 Å². The van der Waals surface area contributed by atoms with Crippen molar-refractivity contribution in [3.63, 3.8) is 0 Å². The molecule has 1 heterocycles. The highest BCUT2D eigenvalue weighted by Gasteiger charge is 2.43. The van der Waals surface area contributed by atoms with Crippen LogP contribution in [0, 0.1) is 0 Å². The van der Waals surface area contributed by atoms with Gasteiger partial charge in [-0.3, -0.25) is 4.79 Å². The van der Waals surface area contributed by atoms with Crippen LogP contribution in [0.2, 0.25) is 0 Å². The molecule has 5 unspecified atom stereocenters. The molecule has 0 radical (unpaired) electrons. The van der Waals surface area contributed by atoms with Gasteiger partial charge < -0.3 is 30.5 Å². The van der Waals surface area contributed by atoms with Crippen molar-refractivity contribution < 1.29 is 34.8 Å². The molecule has 0 aromatic rings. The van der Waals surface area contributed by atoms with E-state index < -0.39 is 42.5 Å². The summed E-state index contributed by atoms with van der Waals surface area (Å²) in [5.41, 5.74) is 0. The summed E-state index contributed by atoms with van der Waals surface area (Å²) in [4.78, 5) is 21.6. The fraction of sp³-hybridized carbons (Fsp3) is 0.636. The SMILES string of the molecule is CCC1OC(O)C(NC(=O)/C=C\C(=O)O)C(O)C1O. The molecule has 8 heteroatoms. The number of nitrogens with one attached hydrogen (secondary N) is 1. The summed E-state index contributed by atoms with van der Waals surface area (Å²) in [7, 11) is 0. The highest BCUT2D eigenvalue weighted by molar-refractivity contribution is 5.94. The Morgan fingerprint density at radius 2 is 1.84 bits per heavy atom. The van der Waals surface area contributed by atoms with Crippen LogP contribution in [0.4, 0.5) is 0 Å². The van der Waals surface area contributed by atoms with Gasteiger partial charge in [0.25, 0.3) is 0 Å². The average molecular weight is 275 g/mol. The summed E-state index contributed by atoms with van der Waals surface area (Å²) < 4.78 is 5.05. The second-order valence-electron chi connectivity index (χ2n) is 4.16. The second-order valence-corrected chi connectivity index (χ2v) is 4.16. The largest absolute Gasteiger partial charge is 0.478 e. The Kier molecular flexibility index (Phi) is 5.43. The van der Waals surface area contributed by atoms with Gasteiger partial charge in [-0.25, -0.2) is 4.79 Å². The van der Waals surface area contributed by atoms with Gasteiger partial charge in [0.05, 0.1) is 6.10 Å². The van der Waals surface area contributed by atoms with E-state index in [0.29, 0.717) is 12.5 Å². The summed E-state index contributed by atoms with van der Waals surface area (Å²) >= 11 is 0. The average Bonchev–Trinajstić information content (AvgIpc) is 2.36. The first-order chi connectivity index (χ1) is 8.86. The zero-order valence-electron chi connectivity index (χ0n) is 10.3. The Bertz CT molecular complexity index is 370. The molecule has 1 saturated heterocycles. The van der Waals surface area contributed by atoms with E-state index in [2.05, 4.69) is 5.32 Å². The normalized spacial score (nSPS) is 35.3. The number of aliphatic hydroxyl groups is 3.